The lowest BCUT2D eigenvalue weighted by atomic mass is 9.87. The molecule has 1 saturated heterocycles. The molecule has 1 unspecified atom stereocenters. The third kappa shape index (κ3) is 3.70. The van der Waals surface area contributed by atoms with E-state index < -0.39 is 0 Å². The molecular weight excluding hydrogens is 322 g/mol. The minimum absolute atomic E-state index is 0.0676. The normalized spacial score (nSPS) is 22.4. The van der Waals surface area contributed by atoms with Gasteiger partial charge in [0, 0.05) is 18.7 Å². The number of nitrogens with two attached hydrogens (primary N) is 1. The van der Waals surface area contributed by atoms with Gasteiger partial charge < -0.3 is 15.7 Å². The second-order valence-electron chi connectivity index (χ2n) is 6.14. The maximum absolute atomic E-state index is 12.6. The maximum atomic E-state index is 12.6. The highest BCUT2D eigenvalue weighted by Crippen LogP contribution is 2.29. The average Bonchev–Trinajstić information content (AvgIpc) is 2.44. The van der Waals surface area contributed by atoms with Crippen molar-refractivity contribution in [3.05, 3.63) is 22.3 Å². The molecule has 0 bridgehead atoms. The van der Waals surface area contributed by atoms with E-state index in [1.165, 1.54) is 0 Å². The van der Waals surface area contributed by atoms with Gasteiger partial charge in [-0.05, 0) is 46.3 Å². The zero-order valence-corrected chi connectivity index (χ0v) is 13.4. The van der Waals surface area contributed by atoms with Gasteiger partial charge in [-0.3, -0.25) is 4.79 Å². The molecule has 0 saturated carbocycles. The van der Waals surface area contributed by atoms with Crippen LogP contribution in [0.15, 0.2) is 16.7 Å². The molecule has 0 aliphatic carbocycles. The van der Waals surface area contributed by atoms with Crippen LogP contribution in [0.3, 0.4) is 0 Å². The van der Waals surface area contributed by atoms with E-state index >= 15 is 0 Å². The van der Waals surface area contributed by atoms with E-state index in [2.05, 4.69) is 34.8 Å². The van der Waals surface area contributed by atoms with Crippen molar-refractivity contribution in [3.63, 3.8) is 0 Å². The predicted octanol–water partition coefficient (Wildman–Crippen LogP) is 2.05. The second kappa shape index (κ2) is 5.69. The van der Waals surface area contributed by atoms with Crippen molar-refractivity contribution in [2.75, 3.05) is 18.8 Å². The van der Waals surface area contributed by atoms with Gasteiger partial charge in [0.25, 0.3) is 5.91 Å². The number of aromatic nitrogens is 1. The van der Waals surface area contributed by atoms with Crippen LogP contribution in [0, 0.1) is 5.41 Å². The van der Waals surface area contributed by atoms with E-state index in [9.17, 15) is 9.90 Å². The number of likely N-dealkylation sites (tertiary alicyclic amines) is 1. The molecule has 0 aromatic carbocycles. The van der Waals surface area contributed by atoms with Crippen molar-refractivity contribution in [1.82, 2.24) is 9.88 Å². The first-order valence-corrected chi connectivity index (χ1v) is 7.46. The summed E-state index contributed by atoms with van der Waals surface area (Å²) in [5.41, 5.74) is 6.11. The Morgan fingerprint density at radius 3 is 2.90 bits per heavy atom. The largest absolute Gasteiger partial charge is 0.393 e. The minimum Gasteiger partial charge on any atom is -0.393 e. The lowest BCUT2D eigenvalue weighted by Crippen LogP contribution is -2.37. The third-order valence-electron chi connectivity index (χ3n) is 3.49. The van der Waals surface area contributed by atoms with Crippen molar-refractivity contribution in [1.29, 1.82) is 0 Å². The van der Waals surface area contributed by atoms with Crippen LogP contribution in [0.4, 0.5) is 5.82 Å². The van der Waals surface area contributed by atoms with Gasteiger partial charge in [0.05, 0.1) is 6.10 Å². The summed E-state index contributed by atoms with van der Waals surface area (Å²) in [6, 6.07) is 3.26. The summed E-state index contributed by atoms with van der Waals surface area (Å²) in [4.78, 5) is 18.4. The Hall–Kier alpha value is -1.14. The van der Waals surface area contributed by atoms with Crippen molar-refractivity contribution >= 4 is 27.7 Å². The first-order chi connectivity index (χ1) is 9.27. The van der Waals surface area contributed by atoms with Gasteiger partial charge in [0.2, 0.25) is 0 Å². The van der Waals surface area contributed by atoms with E-state index in [4.69, 9.17) is 5.73 Å². The highest BCUT2D eigenvalue weighted by atomic mass is 79.9. The molecule has 1 aliphatic heterocycles. The average molecular weight is 342 g/mol. The van der Waals surface area contributed by atoms with E-state index in [0.29, 0.717) is 41.9 Å². The number of nitrogen functional groups attached to an aromatic ring is 1. The molecule has 3 N–H and O–H groups in total. The molecule has 2 heterocycles. The monoisotopic (exact) mass is 341 g/mol. The summed E-state index contributed by atoms with van der Waals surface area (Å²) in [7, 11) is 0. The van der Waals surface area contributed by atoms with Gasteiger partial charge in [-0.15, -0.1) is 0 Å². The summed E-state index contributed by atoms with van der Waals surface area (Å²) >= 11 is 3.25. The van der Waals surface area contributed by atoms with Gasteiger partial charge in [0.1, 0.15) is 10.4 Å². The quantitative estimate of drug-likeness (QED) is 0.766. The van der Waals surface area contributed by atoms with E-state index in [-0.39, 0.29) is 17.4 Å². The Kier molecular flexibility index (Phi) is 4.34. The van der Waals surface area contributed by atoms with E-state index in [0.717, 1.165) is 0 Å². The number of carbonyl (C=O) groups excluding carboxylic acids is 1. The fourth-order valence-electron chi connectivity index (χ4n) is 2.70. The molecule has 5 nitrogen and oxygen atoms in total. The van der Waals surface area contributed by atoms with Gasteiger partial charge in [0.15, 0.2) is 0 Å². The van der Waals surface area contributed by atoms with Crippen LogP contribution in [0.5, 0.6) is 0 Å². The van der Waals surface area contributed by atoms with Crippen LogP contribution in [-0.2, 0) is 0 Å². The molecule has 6 heteroatoms. The topological polar surface area (TPSA) is 79.5 Å². The number of amides is 1. The number of aliphatic hydroxyl groups is 1. The van der Waals surface area contributed by atoms with Crippen LogP contribution < -0.4 is 5.73 Å². The van der Waals surface area contributed by atoms with Crippen molar-refractivity contribution < 1.29 is 9.90 Å². The third-order valence-corrected chi connectivity index (χ3v) is 3.89. The summed E-state index contributed by atoms with van der Waals surface area (Å²) in [5.74, 6) is 0.249. The van der Waals surface area contributed by atoms with Crippen molar-refractivity contribution in [3.8, 4) is 0 Å². The molecule has 1 atom stereocenters. The van der Waals surface area contributed by atoms with E-state index in [1.807, 2.05) is 0 Å². The molecule has 0 spiro atoms. The van der Waals surface area contributed by atoms with Gasteiger partial charge >= 0.3 is 0 Å². The molecule has 1 amide bonds. The molecule has 20 heavy (non-hydrogen) atoms. The van der Waals surface area contributed by atoms with Crippen LogP contribution in [0.25, 0.3) is 0 Å². The molecule has 110 valence electrons. The SMILES string of the molecule is CC1(C)CC(O)CCN(C(=O)c2cc(N)nc(Br)c2)C1. The van der Waals surface area contributed by atoms with E-state index in [1.54, 1.807) is 17.0 Å². The lowest BCUT2D eigenvalue weighted by Gasteiger charge is -2.29. The number of pyridine rings is 1. The smallest absolute Gasteiger partial charge is 0.254 e. The molecule has 2 rings (SSSR count). The molecule has 1 fully saturated rings. The zero-order chi connectivity index (χ0) is 14.9. The summed E-state index contributed by atoms with van der Waals surface area (Å²) in [5, 5.41) is 9.91. The molecular formula is C14H20BrN3O2. The number of hydrogen-bond donors (Lipinski definition) is 2. The maximum Gasteiger partial charge on any atom is 0.254 e. The number of anilines is 1. The molecule has 1 aromatic heterocycles. The fraction of sp³-hybridized carbons (Fsp3) is 0.571. The van der Waals surface area contributed by atoms with Crippen LogP contribution >= 0.6 is 15.9 Å². The van der Waals surface area contributed by atoms with Crippen LogP contribution in [0.1, 0.15) is 37.0 Å². The van der Waals surface area contributed by atoms with Crippen molar-refractivity contribution in [2.45, 2.75) is 32.8 Å². The zero-order valence-electron chi connectivity index (χ0n) is 11.8. The Bertz CT molecular complexity index is 499. The molecule has 1 aliphatic rings. The Labute approximate surface area is 127 Å². The molecule has 1 aromatic rings. The standard InChI is InChI=1S/C14H20BrN3O2/c1-14(2)7-10(19)3-4-18(8-14)13(20)9-5-11(15)17-12(16)6-9/h5-6,10,19H,3-4,7-8H2,1-2H3,(H2,16,17). The fourth-order valence-corrected chi connectivity index (χ4v) is 3.15. The van der Waals surface area contributed by atoms with Crippen LogP contribution in [-0.4, -0.2) is 40.1 Å². The second-order valence-corrected chi connectivity index (χ2v) is 6.95. The number of carbonyl (C=O) groups is 1. The van der Waals surface area contributed by atoms with Gasteiger partial charge in [-0.25, -0.2) is 4.98 Å². The first kappa shape index (κ1) is 15.3. The number of rotatable bonds is 1. The molecule has 0 radical (unpaired) electrons. The van der Waals surface area contributed by atoms with Gasteiger partial charge in [-0.2, -0.15) is 0 Å². The Morgan fingerprint density at radius 2 is 2.25 bits per heavy atom. The lowest BCUT2D eigenvalue weighted by molar-refractivity contribution is 0.0704. The van der Waals surface area contributed by atoms with Gasteiger partial charge in [-0.1, -0.05) is 13.8 Å². The van der Waals surface area contributed by atoms with Crippen molar-refractivity contribution in [2.24, 2.45) is 5.41 Å². The summed E-state index contributed by atoms with van der Waals surface area (Å²) < 4.78 is 0.551. The number of aliphatic hydroxyl groups excluding tert-OH is 1. The number of nitrogens with zero attached hydrogens (tertiary/aromatic N) is 2. The number of hydrogen-bond acceptors (Lipinski definition) is 4. The highest BCUT2D eigenvalue weighted by Gasteiger charge is 2.31. The van der Waals surface area contributed by atoms with Crippen LogP contribution in [0.2, 0.25) is 0 Å². The predicted molar refractivity (Wildman–Crippen MR) is 81.3 cm³/mol. The Morgan fingerprint density at radius 1 is 1.55 bits per heavy atom. The summed E-state index contributed by atoms with van der Waals surface area (Å²) in [6.45, 7) is 5.32. The summed E-state index contributed by atoms with van der Waals surface area (Å²) in [6.07, 6.45) is 0.965. The highest BCUT2D eigenvalue weighted by molar-refractivity contribution is 9.10. The first-order valence-electron chi connectivity index (χ1n) is 6.67. The Balaban J connectivity index is 2.23. The number of halogens is 1. The minimum atomic E-state index is -0.350.